The van der Waals surface area contributed by atoms with Gasteiger partial charge in [0.15, 0.2) is 0 Å². The quantitative estimate of drug-likeness (QED) is 0.249. The SMILES string of the molecule is Cc1[nH]c2ccccc2c1CC(=O)Nc1ccc(Nc2cccnc2)c(-c2cccc(Cl)c2)c1. The monoisotopic (exact) mass is 466 g/mol. The number of pyridine rings is 1. The highest BCUT2D eigenvalue weighted by atomic mass is 35.5. The Balaban J connectivity index is 1.44. The van der Waals surface area contributed by atoms with E-state index >= 15 is 0 Å². The van der Waals surface area contributed by atoms with Crippen molar-refractivity contribution in [1.82, 2.24) is 9.97 Å². The molecule has 0 aliphatic rings. The summed E-state index contributed by atoms with van der Waals surface area (Å²) in [6.45, 7) is 2.00. The van der Waals surface area contributed by atoms with E-state index in [-0.39, 0.29) is 12.3 Å². The van der Waals surface area contributed by atoms with Gasteiger partial charge in [-0.3, -0.25) is 9.78 Å². The van der Waals surface area contributed by atoms with Crippen molar-refractivity contribution in [2.24, 2.45) is 0 Å². The van der Waals surface area contributed by atoms with E-state index in [4.69, 9.17) is 11.6 Å². The number of halogens is 1. The number of para-hydroxylation sites is 1. The van der Waals surface area contributed by atoms with Crippen LogP contribution in [0.5, 0.6) is 0 Å². The van der Waals surface area contributed by atoms with E-state index in [0.29, 0.717) is 10.7 Å². The van der Waals surface area contributed by atoms with Crippen molar-refractivity contribution in [3.05, 3.63) is 108 Å². The van der Waals surface area contributed by atoms with Crippen LogP contribution in [-0.4, -0.2) is 15.9 Å². The lowest BCUT2D eigenvalue weighted by Crippen LogP contribution is -2.15. The minimum Gasteiger partial charge on any atom is -0.358 e. The molecule has 0 aliphatic heterocycles. The lowest BCUT2D eigenvalue weighted by atomic mass is 10.0. The molecule has 168 valence electrons. The van der Waals surface area contributed by atoms with Crippen LogP contribution in [0.1, 0.15) is 11.3 Å². The van der Waals surface area contributed by atoms with Gasteiger partial charge in [0.1, 0.15) is 0 Å². The van der Waals surface area contributed by atoms with Crippen molar-refractivity contribution < 1.29 is 4.79 Å². The number of fused-ring (bicyclic) bond motifs is 1. The Hall–Kier alpha value is -4.09. The van der Waals surface area contributed by atoms with E-state index < -0.39 is 0 Å². The first-order chi connectivity index (χ1) is 16.6. The van der Waals surface area contributed by atoms with Crippen molar-refractivity contribution in [3.63, 3.8) is 0 Å². The zero-order valence-corrected chi connectivity index (χ0v) is 19.4. The fourth-order valence-corrected chi connectivity index (χ4v) is 4.34. The largest absolute Gasteiger partial charge is 0.358 e. The average Bonchev–Trinajstić information content (AvgIpc) is 3.15. The van der Waals surface area contributed by atoms with Gasteiger partial charge in [0.25, 0.3) is 0 Å². The molecule has 2 heterocycles. The molecule has 0 spiro atoms. The third kappa shape index (κ3) is 4.65. The zero-order valence-electron chi connectivity index (χ0n) is 18.6. The molecule has 0 bridgehead atoms. The molecule has 1 amide bonds. The third-order valence-electron chi connectivity index (χ3n) is 5.74. The van der Waals surface area contributed by atoms with Crippen LogP contribution in [0.4, 0.5) is 17.1 Å². The summed E-state index contributed by atoms with van der Waals surface area (Å²) < 4.78 is 0. The van der Waals surface area contributed by atoms with Gasteiger partial charge in [-0.2, -0.15) is 0 Å². The molecular formula is C28H23ClN4O. The summed E-state index contributed by atoms with van der Waals surface area (Å²) in [5.41, 5.74) is 7.41. The predicted octanol–water partition coefficient (Wildman–Crippen LogP) is 7.12. The van der Waals surface area contributed by atoms with E-state index in [1.54, 1.807) is 12.4 Å². The number of aromatic amines is 1. The molecule has 5 aromatic rings. The Bertz CT molecular complexity index is 1480. The van der Waals surface area contributed by atoms with Crippen LogP contribution in [0.3, 0.4) is 0 Å². The van der Waals surface area contributed by atoms with Crippen molar-refractivity contribution in [1.29, 1.82) is 0 Å². The van der Waals surface area contributed by atoms with Gasteiger partial charge in [-0.1, -0.05) is 41.9 Å². The van der Waals surface area contributed by atoms with Gasteiger partial charge in [0, 0.05) is 44.8 Å². The van der Waals surface area contributed by atoms with Crippen LogP contribution in [0.15, 0.2) is 91.3 Å². The van der Waals surface area contributed by atoms with E-state index in [1.807, 2.05) is 85.8 Å². The number of nitrogens with one attached hydrogen (secondary N) is 3. The number of hydrogen-bond acceptors (Lipinski definition) is 3. The molecule has 0 saturated heterocycles. The van der Waals surface area contributed by atoms with Crippen LogP contribution in [0.25, 0.3) is 22.0 Å². The molecule has 0 saturated carbocycles. The number of benzene rings is 3. The number of aryl methyl sites for hydroxylation is 1. The van der Waals surface area contributed by atoms with Crippen LogP contribution in [0.2, 0.25) is 5.02 Å². The molecule has 0 radical (unpaired) electrons. The summed E-state index contributed by atoms with van der Waals surface area (Å²) in [5, 5.41) is 8.20. The number of amides is 1. The number of hydrogen-bond donors (Lipinski definition) is 3. The van der Waals surface area contributed by atoms with E-state index in [1.165, 1.54) is 0 Å². The summed E-state index contributed by atoms with van der Waals surface area (Å²) in [6.07, 6.45) is 3.79. The fraction of sp³-hybridized carbons (Fsp3) is 0.0714. The molecule has 34 heavy (non-hydrogen) atoms. The maximum atomic E-state index is 13.0. The first kappa shape index (κ1) is 21.7. The first-order valence-electron chi connectivity index (χ1n) is 11.0. The number of carbonyl (C=O) groups excluding carboxylic acids is 1. The Morgan fingerprint density at radius 3 is 2.68 bits per heavy atom. The molecular weight excluding hydrogens is 444 g/mol. The number of aromatic nitrogens is 2. The molecule has 3 aromatic carbocycles. The van der Waals surface area contributed by atoms with Crippen LogP contribution in [0, 0.1) is 6.92 Å². The van der Waals surface area contributed by atoms with Gasteiger partial charge in [-0.05, 0) is 66.6 Å². The second-order valence-electron chi connectivity index (χ2n) is 8.14. The first-order valence-corrected chi connectivity index (χ1v) is 11.4. The summed E-state index contributed by atoms with van der Waals surface area (Å²) >= 11 is 6.27. The van der Waals surface area contributed by atoms with E-state index in [0.717, 1.165) is 44.7 Å². The van der Waals surface area contributed by atoms with Crippen molar-refractivity contribution in [2.45, 2.75) is 13.3 Å². The van der Waals surface area contributed by atoms with E-state index in [9.17, 15) is 4.79 Å². The molecule has 5 nitrogen and oxygen atoms in total. The summed E-state index contributed by atoms with van der Waals surface area (Å²) in [7, 11) is 0. The van der Waals surface area contributed by atoms with Crippen LogP contribution in [-0.2, 0) is 11.2 Å². The number of anilines is 3. The molecule has 2 aromatic heterocycles. The maximum absolute atomic E-state index is 13.0. The number of rotatable bonds is 6. The van der Waals surface area contributed by atoms with Gasteiger partial charge in [0.2, 0.25) is 5.91 Å². The summed E-state index contributed by atoms with van der Waals surface area (Å²) in [6, 6.07) is 25.3. The number of H-pyrrole nitrogens is 1. The Labute approximate surface area is 202 Å². The molecule has 0 unspecified atom stereocenters. The Kier molecular flexibility index (Phi) is 6.02. The molecule has 0 atom stereocenters. The van der Waals surface area contributed by atoms with Crippen LogP contribution >= 0.6 is 11.6 Å². The Morgan fingerprint density at radius 2 is 1.85 bits per heavy atom. The molecule has 6 heteroatoms. The second-order valence-corrected chi connectivity index (χ2v) is 8.57. The van der Waals surface area contributed by atoms with Crippen molar-refractivity contribution >= 4 is 45.5 Å². The highest BCUT2D eigenvalue weighted by molar-refractivity contribution is 6.30. The van der Waals surface area contributed by atoms with Crippen molar-refractivity contribution in [3.8, 4) is 11.1 Å². The molecule has 5 rings (SSSR count). The smallest absolute Gasteiger partial charge is 0.228 e. The Morgan fingerprint density at radius 1 is 0.971 bits per heavy atom. The highest BCUT2D eigenvalue weighted by Gasteiger charge is 2.14. The fourth-order valence-electron chi connectivity index (χ4n) is 4.15. The topological polar surface area (TPSA) is 69.8 Å². The van der Waals surface area contributed by atoms with Gasteiger partial charge < -0.3 is 15.6 Å². The number of carbonyl (C=O) groups is 1. The second kappa shape index (κ2) is 9.41. The predicted molar refractivity (Wildman–Crippen MR) is 140 cm³/mol. The van der Waals surface area contributed by atoms with Crippen LogP contribution < -0.4 is 10.6 Å². The third-order valence-corrected chi connectivity index (χ3v) is 5.98. The van der Waals surface area contributed by atoms with Gasteiger partial charge >= 0.3 is 0 Å². The number of nitrogens with zero attached hydrogens (tertiary/aromatic N) is 1. The zero-order chi connectivity index (χ0) is 23.5. The van der Waals surface area contributed by atoms with E-state index in [2.05, 4.69) is 20.6 Å². The lowest BCUT2D eigenvalue weighted by Gasteiger charge is -2.15. The summed E-state index contributed by atoms with van der Waals surface area (Å²) in [5.74, 6) is -0.0714. The standard InChI is InChI=1S/C28H23ClN4O/c1-18-24(23-9-2-3-10-26(23)31-18)16-28(34)33-21-11-12-27(32-22-8-5-13-30-17-22)25(15-21)19-6-4-7-20(29)14-19/h2-15,17,31-32H,16H2,1H3,(H,33,34). The minimum atomic E-state index is -0.0714. The van der Waals surface area contributed by atoms with Crippen molar-refractivity contribution in [2.75, 3.05) is 10.6 Å². The highest BCUT2D eigenvalue weighted by Crippen LogP contribution is 2.34. The maximum Gasteiger partial charge on any atom is 0.228 e. The lowest BCUT2D eigenvalue weighted by molar-refractivity contribution is -0.115. The molecule has 0 aliphatic carbocycles. The van der Waals surface area contributed by atoms with Gasteiger partial charge in [0.05, 0.1) is 18.3 Å². The van der Waals surface area contributed by atoms with Gasteiger partial charge in [-0.15, -0.1) is 0 Å². The molecule has 3 N–H and O–H groups in total. The molecule has 0 fully saturated rings. The normalized spacial score (nSPS) is 10.9. The minimum absolute atomic E-state index is 0.0714. The summed E-state index contributed by atoms with van der Waals surface area (Å²) in [4.78, 5) is 20.5. The van der Waals surface area contributed by atoms with Gasteiger partial charge in [-0.25, -0.2) is 0 Å². The average molecular weight is 467 g/mol.